The first-order chi connectivity index (χ1) is 6.61. The quantitative estimate of drug-likeness (QED) is 0.587. The Bertz CT molecular complexity index is 359. The molecule has 1 rings (SSSR count). The molecule has 1 aromatic rings. The zero-order chi connectivity index (χ0) is 10.6. The van der Waals surface area contributed by atoms with Crippen LogP contribution in [0.15, 0.2) is 30.3 Å². The average Bonchev–Trinajstić information content (AvgIpc) is 2.15. The fourth-order valence-electron chi connectivity index (χ4n) is 1.05. The number of nitrogens with two attached hydrogens (primary N) is 1. The van der Waals surface area contributed by atoms with E-state index in [-0.39, 0.29) is 11.7 Å². The number of benzene rings is 1. The van der Waals surface area contributed by atoms with Crippen molar-refractivity contribution in [2.24, 2.45) is 5.73 Å². The SMILES string of the molecule is CC(N)/C=C/c1ccccc1[N+](=O)[O-]. The van der Waals surface area contributed by atoms with Gasteiger partial charge in [0, 0.05) is 12.1 Å². The first-order valence-electron chi connectivity index (χ1n) is 4.28. The number of hydrogen-bond acceptors (Lipinski definition) is 3. The number of para-hydroxylation sites is 1. The standard InChI is InChI=1S/C10H12N2O2/c1-8(11)6-7-9-4-2-3-5-10(9)12(13)14/h2-8H,11H2,1H3/b7-6+. The molecule has 14 heavy (non-hydrogen) atoms. The highest BCUT2D eigenvalue weighted by Gasteiger charge is 2.08. The molecule has 0 heterocycles. The molecule has 4 heteroatoms. The lowest BCUT2D eigenvalue weighted by molar-refractivity contribution is -0.385. The largest absolute Gasteiger partial charge is 0.325 e. The highest BCUT2D eigenvalue weighted by atomic mass is 16.6. The Hall–Kier alpha value is -1.68. The van der Waals surface area contributed by atoms with Gasteiger partial charge in [-0.25, -0.2) is 0 Å². The zero-order valence-electron chi connectivity index (χ0n) is 7.88. The van der Waals surface area contributed by atoms with E-state index >= 15 is 0 Å². The van der Waals surface area contributed by atoms with Crippen molar-refractivity contribution in [3.8, 4) is 0 Å². The molecule has 0 fully saturated rings. The molecule has 4 nitrogen and oxygen atoms in total. The van der Waals surface area contributed by atoms with Gasteiger partial charge in [-0.05, 0) is 13.0 Å². The smallest absolute Gasteiger partial charge is 0.276 e. The van der Waals surface area contributed by atoms with E-state index in [1.165, 1.54) is 6.07 Å². The van der Waals surface area contributed by atoms with Gasteiger partial charge in [-0.3, -0.25) is 10.1 Å². The summed E-state index contributed by atoms with van der Waals surface area (Å²) in [4.78, 5) is 10.2. The fourth-order valence-corrected chi connectivity index (χ4v) is 1.05. The van der Waals surface area contributed by atoms with Crippen LogP contribution in [0.5, 0.6) is 0 Å². The number of hydrogen-bond donors (Lipinski definition) is 1. The Kier molecular flexibility index (Phi) is 3.36. The monoisotopic (exact) mass is 192 g/mol. The van der Waals surface area contributed by atoms with E-state index in [2.05, 4.69) is 0 Å². The van der Waals surface area contributed by atoms with Crippen molar-refractivity contribution in [3.63, 3.8) is 0 Å². The second-order valence-corrected chi connectivity index (χ2v) is 3.03. The summed E-state index contributed by atoms with van der Waals surface area (Å²) in [6.07, 6.45) is 3.39. The molecule has 0 bridgehead atoms. The van der Waals surface area contributed by atoms with Gasteiger partial charge in [0.2, 0.25) is 0 Å². The summed E-state index contributed by atoms with van der Waals surface area (Å²) in [5.41, 5.74) is 6.19. The summed E-state index contributed by atoms with van der Waals surface area (Å²) >= 11 is 0. The molecule has 0 aliphatic heterocycles. The predicted molar refractivity (Wildman–Crippen MR) is 55.8 cm³/mol. The van der Waals surface area contributed by atoms with Gasteiger partial charge in [0.15, 0.2) is 0 Å². The molecule has 1 atom stereocenters. The van der Waals surface area contributed by atoms with E-state index in [0.717, 1.165) is 0 Å². The molecule has 0 aliphatic rings. The van der Waals surface area contributed by atoms with E-state index in [1.807, 2.05) is 6.92 Å². The zero-order valence-corrected chi connectivity index (χ0v) is 7.88. The highest BCUT2D eigenvalue weighted by Crippen LogP contribution is 2.18. The van der Waals surface area contributed by atoms with Crippen molar-refractivity contribution in [1.29, 1.82) is 0 Å². The van der Waals surface area contributed by atoms with Crippen molar-refractivity contribution in [3.05, 3.63) is 46.0 Å². The van der Waals surface area contributed by atoms with Crippen LogP contribution in [-0.4, -0.2) is 11.0 Å². The van der Waals surface area contributed by atoms with Crippen LogP contribution in [0.4, 0.5) is 5.69 Å². The first-order valence-corrected chi connectivity index (χ1v) is 4.28. The van der Waals surface area contributed by atoms with Crippen LogP contribution in [0.3, 0.4) is 0 Å². The maximum absolute atomic E-state index is 10.6. The van der Waals surface area contributed by atoms with Crippen molar-refractivity contribution in [1.82, 2.24) is 0 Å². The maximum Gasteiger partial charge on any atom is 0.276 e. The minimum absolute atomic E-state index is 0.101. The van der Waals surface area contributed by atoms with Crippen LogP contribution < -0.4 is 5.73 Å². The number of nitrogens with zero attached hydrogens (tertiary/aromatic N) is 1. The molecular weight excluding hydrogens is 180 g/mol. The normalized spacial score (nSPS) is 13.0. The van der Waals surface area contributed by atoms with Gasteiger partial charge in [-0.1, -0.05) is 24.3 Å². The van der Waals surface area contributed by atoms with Gasteiger partial charge in [0.05, 0.1) is 10.5 Å². The van der Waals surface area contributed by atoms with Gasteiger partial charge in [0.1, 0.15) is 0 Å². The summed E-state index contributed by atoms with van der Waals surface area (Å²) in [6, 6.07) is 6.46. The molecule has 0 aliphatic carbocycles. The maximum atomic E-state index is 10.6. The predicted octanol–water partition coefficient (Wildman–Crippen LogP) is 1.96. The molecule has 0 aromatic heterocycles. The third-order valence-corrected chi connectivity index (χ3v) is 1.71. The lowest BCUT2D eigenvalue weighted by atomic mass is 10.1. The third-order valence-electron chi connectivity index (χ3n) is 1.71. The molecule has 1 unspecified atom stereocenters. The highest BCUT2D eigenvalue weighted by molar-refractivity contribution is 5.60. The summed E-state index contributed by atoms with van der Waals surface area (Å²) in [5, 5.41) is 10.6. The second-order valence-electron chi connectivity index (χ2n) is 3.03. The molecule has 2 N–H and O–H groups in total. The molecule has 0 amide bonds. The number of nitro benzene ring substituents is 1. The van der Waals surface area contributed by atoms with Crippen LogP contribution in [0, 0.1) is 10.1 Å². The molecular formula is C10H12N2O2. The third kappa shape index (κ3) is 2.67. The van der Waals surface area contributed by atoms with Crippen molar-refractivity contribution in [2.45, 2.75) is 13.0 Å². The molecule has 0 saturated heterocycles. The van der Waals surface area contributed by atoms with Crippen LogP contribution in [0.25, 0.3) is 6.08 Å². The van der Waals surface area contributed by atoms with Crippen LogP contribution in [0.1, 0.15) is 12.5 Å². The molecule has 74 valence electrons. The summed E-state index contributed by atoms with van der Waals surface area (Å²) in [5.74, 6) is 0. The lowest BCUT2D eigenvalue weighted by Gasteiger charge is -1.97. The number of nitro groups is 1. The van der Waals surface area contributed by atoms with Crippen molar-refractivity contribution < 1.29 is 4.92 Å². The van der Waals surface area contributed by atoms with Crippen molar-refractivity contribution >= 4 is 11.8 Å². The van der Waals surface area contributed by atoms with Gasteiger partial charge < -0.3 is 5.73 Å². The van der Waals surface area contributed by atoms with Gasteiger partial charge in [-0.15, -0.1) is 0 Å². The van der Waals surface area contributed by atoms with Crippen molar-refractivity contribution in [2.75, 3.05) is 0 Å². The van der Waals surface area contributed by atoms with Crippen LogP contribution in [0.2, 0.25) is 0 Å². The Morgan fingerprint density at radius 1 is 1.50 bits per heavy atom. The van der Waals surface area contributed by atoms with Crippen LogP contribution >= 0.6 is 0 Å². The average molecular weight is 192 g/mol. The van der Waals surface area contributed by atoms with Gasteiger partial charge in [0.25, 0.3) is 5.69 Å². The number of rotatable bonds is 3. The van der Waals surface area contributed by atoms with E-state index in [1.54, 1.807) is 30.4 Å². The summed E-state index contributed by atoms with van der Waals surface area (Å²) < 4.78 is 0. The van der Waals surface area contributed by atoms with E-state index < -0.39 is 4.92 Å². The van der Waals surface area contributed by atoms with E-state index in [0.29, 0.717) is 5.56 Å². The second kappa shape index (κ2) is 4.53. The molecule has 0 radical (unpaired) electrons. The fraction of sp³-hybridized carbons (Fsp3) is 0.200. The Morgan fingerprint density at radius 3 is 2.71 bits per heavy atom. The Balaban J connectivity index is 3.02. The molecule has 0 saturated carbocycles. The summed E-state index contributed by atoms with van der Waals surface area (Å²) in [7, 11) is 0. The minimum atomic E-state index is -0.402. The van der Waals surface area contributed by atoms with E-state index in [4.69, 9.17) is 5.73 Å². The molecule has 1 aromatic carbocycles. The van der Waals surface area contributed by atoms with Gasteiger partial charge >= 0.3 is 0 Å². The summed E-state index contributed by atoms with van der Waals surface area (Å²) in [6.45, 7) is 1.81. The first kappa shape index (κ1) is 10.4. The Labute approximate surface area is 82.2 Å². The topological polar surface area (TPSA) is 69.2 Å². The molecule has 0 spiro atoms. The van der Waals surface area contributed by atoms with Gasteiger partial charge in [-0.2, -0.15) is 0 Å². The van der Waals surface area contributed by atoms with Crippen LogP contribution in [-0.2, 0) is 0 Å². The van der Waals surface area contributed by atoms with E-state index in [9.17, 15) is 10.1 Å². The lowest BCUT2D eigenvalue weighted by Crippen LogP contribution is -2.09. The minimum Gasteiger partial charge on any atom is -0.325 e. The Morgan fingerprint density at radius 2 is 2.14 bits per heavy atom.